The number of nitro benzene ring substituents is 1. The zero-order valence-corrected chi connectivity index (χ0v) is 16.2. The van der Waals surface area contributed by atoms with E-state index < -0.39 is 4.92 Å². The van der Waals surface area contributed by atoms with Crippen LogP contribution in [0, 0.1) is 10.1 Å². The molecule has 1 aromatic carbocycles. The molecule has 10 heteroatoms. The first-order chi connectivity index (χ1) is 14.1. The van der Waals surface area contributed by atoms with Crippen molar-refractivity contribution >= 4 is 23.2 Å². The van der Waals surface area contributed by atoms with Gasteiger partial charge in [-0.15, -0.1) is 0 Å². The van der Waals surface area contributed by atoms with Crippen LogP contribution < -0.4 is 10.6 Å². The van der Waals surface area contributed by atoms with Crippen molar-refractivity contribution < 1.29 is 14.1 Å². The van der Waals surface area contributed by atoms with Crippen molar-refractivity contribution in [3.63, 3.8) is 0 Å². The van der Waals surface area contributed by atoms with Crippen molar-refractivity contribution in [1.82, 2.24) is 15.1 Å². The number of para-hydroxylation sites is 2. The van der Waals surface area contributed by atoms with Crippen LogP contribution in [-0.4, -0.2) is 72.9 Å². The van der Waals surface area contributed by atoms with Crippen molar-refractivity contribution in [3.8, 4) is 0 Å². The third-order valence-electron chi connectivity index (χ3n) is 4.63. The molecule has 1 amide bonds. The average molecular weight is 400 g/mol. The van der Waals surface area contributed by atoms with Gasteiger partial charge < -0.3 is 24.9 Å². The predicted octanol–water partition coefficient (Wildman–Crippen LogP) is 1.63. The second-order valence-corrected chi connectivity index (χ2v) is 6.43. The molecule has 0 saturated carbocycles. The molecule has 0 aliphatic carbocycles. The van der Waals surface area contributed by atoms with E-state index >= 15 is 0 Å². The van der Waals surface area contributed by atoms with Gasteiger partial charge in [-0.3, -0.25) is 19.9 Å². The molecule has 1 fully saturated rings. The first-order valence-electron chi connectivity index (χ1n) is 9.36. The molecule has 1 aliphatic rings. The Bertz CT molecular complexity index is 859. The van der Waals surface area contributed by atoms with Gasteiger partial charge in [0.15, 0.2) is 11.7 Å². The molecule has 0 bridgehead atoms. The van der Waals surface area contributed by atoms with Gasteiger partial charge in [-0.25, -0.2) is 0 Å². The number of carbonyl (C=O) groups excluding carboxylic acids is 1. The van der Waals surface area contributed by atoms with E-state index in [1.54, 1.807) is 42.3 Å². The number of hydrogen-bond donors (Lipinski definition) is 2. The molecular formula is C19H24N6O4. The molecule has 10 nitrogen and oxygen atoms in total. The number of nitrogens with zero attached hydrogens (tertiary/aromatic N) is 4. The molecule has 2 aromatic rings. The highest BCUT2D eigenvalue weighted by Gasteiger charge is 2.25. The highest BCUT2D eigenvalue weighted by atomic mass is 16.6. The molecule has 0 spiro atoms. The number of piperazine rings is 1. The quantitative estimate of drug-likeness (QED) is 0.249. The molecule has 1 saturated heterocycles. The summed E-state index contributed by atoms with van der Waals surface area (Å²) in [5, 5.41) is 17.4. The van der Waals surface area contributed by atoms with Crippen molar-refractivity contribution in [2.24, 2.45) is 4.99 Å². The lowest BCUT2D eigenvalue weighted by molar-refractivity contribution is -0.384. The molecule has 154 valence electrons. The molecule has 1 aliphatic heterocycles. The smallest absolute Gasteiger partial charge is 0.292 e. The number of aliphatic imine (C=N–C) groups is 1. The summed E-state index contributed by atoms with van der Waals surface area (Å²) in [7, 11) is 1.71. The van der Waals surface area contributed by atoms with Crippen LogP contribution in [0.2, 0.25) is 0 Å². The Hall–Kier alpha value is -3.56. The van der Waals surface area contributed by atoms with Crippen LogP contribution in [0.5, 0.6) is 0 Å². The van der Waals surface area contributed by atoms with Crippen molar-refractivity contribution in [2.75, 3.05) is 51.6 Å². The Balaban J connectivity index is 1.44. The number of rotatable bonds is 6. The predicted molar refractivity (Wildman–Crippen MR) is 109 cm³/mol. The van der Waals surface area contributed by atoms with Crippen LogP contribution in [0.4, 0.5) is 11.4 Å². The SMILES string of the molecule is CN=C(NCCNc1ccccc1[N+](=O)[O-])N1CCN(C(=O)c2ccco2)CC1. The monoisotopic (exact) mass is 400 g/mol. The molecule has 2 N–H and O–H groups in total. The largest absolute Gasteiger partial charge is 0.459 e. The normalized spacial score (nSPS) is 14.6. The maximum absolute atomic E-state index is 12.3. The number of guanidine groups is 1. The Morgan fingerprint density at radius 1 is 1.14 bits per heavy atom. The number of carbonyl (C=O) groups is 1. The van der Waals surface area contributed by atoms with Crippen LogP contribution in [0.25, 0.3) is 0 Å². The van der Waals surface area contributed by atoms with Crippen LogP contribution in [0.1, 0.15) is 10.6 Å². The number of nitrogens with one attached hydrogen (secondary N) is 2. The second-order valence-electron chi connectivity index (χ2n) is 6.43. The number of hydrogen-bond acceptors (Lipinski definition) is 6. The number of amides is 1. The fourth-order valence-corrected chi connectivity index (χ4v) is 3.16. The molecule has 1 aromatic heterocycles. The standard InChI is InChI=1S/C19H24N6O4/c1-20-19(22-9-8-21-15-5-2-3-6-16(15)25(27)28)24-12-10-23(11-13-24)18(26)17-7-4-14-29-17/h2-7,14,21H,8-13H2,1H3,(H,20,22). The minimum absolute atomic E-state index is 0.0502. The van der Waals surface area contributed by atoms with E-state index in [-0.39, 0.29) is 11.6 Å². The summed E-state index contributed by atoms with van der Waals surface area (Å²) in [6.07, 6.45) is 1.49. The number of nitro groups is 1. The van der Waals surface area contributed by atoms with Gasteiger partial charge in [0, 0.05) is 52.4 Å². The van der Waals surface area contributed by atoms with E-state index in [0.717, 1.165) is 5.96 Å². The van der Waals surface area contributed by atoms with Gasteiger partial charge in [-0.2, -0.15) is 0 Å². The first kappa shape index (κ1) is 20.2. The van der Waals surface area contributed by atoms with E-state index in [1.807, 2.05) is 0 Å². The third kappa shape index (κ3) is 5.03. The van der Waals surface area contributed by atoms with Gasteiger partial charge in [-0.1, -0.05) is 12.1 Å². The number of furan rings is 1. The van der Waals surface area contributed by atoms with Crippen molar-refractivity contribution in [3.05, 3.63) is 58.5 Å². The Kier molecular flexibility index (Phi) is 6.67. The second kappa shape index (κ2) is 9.58. The molecule has 0 unspecified atom stereocenters. The summed E-state index contributed by atoms with van der Waals surface area (Å²) >= 11 is 0. The molecule has 3 rings (SSSR count). The summed E-state index contributed by atoms with van der Waals surface area (Å²) in [6, 6.07) is 9.91. The molecule has 0 radical (unpaired) electrons. The third-order valence-corrected chi connectivity index (χ3v) is 4.63. The van der Waals surface area contributed by atoms with E-state index in [4.69, 9.17) is 4.42 Å². The lowest BCUT2D eigenvalue weighted by atomic mass is 10.2. The molecule has 0 atom stereocenters. The maximum atomic E-state index is 12.3. The fraction of sp³-hybridized carbons (Fsp3) is 0.368. The van der Waals surface area contributed by atoms with Gasteiger partial charge in [0.1, 0.15) is 5.69 Å². The van der Waals surface area contributed by atoms with Crippen LogP contribution in [0.15, 0.2) is 52.1 Å². The van der Waals surface area contributed by atoms with E-state index in [0.29, 0.717) is 50.7 Å². The van der Waals surface area contributed by atoms with Crippen LogP contribution in [0.3, 0.4) is 0 Å². The zero-order chi connectivity index (χ0) is 20.6. The minimum atomic E-state index is -0.405. The lowest BCUT2D eigenvalue weighted by Crippen LogP contribution is -2.54. The fourth-order valence-electron chi connectivity index (χ4n) is 3.16. The number of benzene rings is 1. The highest BCUT2D eigenvalue weighted by Crippen LogP contribution is 2.22. The Labute approximate surface area is 168 Å². The summed E-state index contributed by atoms with van der Waals surface area (Å²) < 4.78 is 5.18. The van der Waals surface area contributed by atoms with Gasteiger partial charge >= 0.3 is 0 Å². The van der Waals surface area contributed by atoms with Crippen LogP contribution in [-0.2, 0) is 0 Å². The Morgan fingerprint density at radius 2 is 1.86 bits per heavy atom. The first-order valence-corrected chi connectivity index (χ1v) is 9.36. The van der Waals surface area contributed by atoms with E-state index in [9.17, 15) is 14.9 Å². The lowest BCUT2D eigenvalue weighted by Gasteiger charge is -2.36. The van der Waals surface area contributed by atoms with Crippen molar-refractivity contribution in [1.29, 1.82) is 0 Å². The van der Waals surface area contributed by atoms with Crippen molar-refractivity contribution in [2.45, 2.75) is 0 Å². The summed E-state index contributed by atoms with van der Waals surface area (Å²) in [6.45, 7) is 3.52. The van der Waals surface area contributed by atoms with Gasteiger partial charge in [-0.05, 0) is 18.2 Å². The summed E-state index contributed by atoms with van der Waals surface area (Å²) in [5.41, 5.74) is 0.536. The van der Waals surface area contributed by atoms with Crippen LogP contribution >= 0.6 is 0 Å². The average Bonchev–Trinajstić information content (AvgIpc) is 3.28. The van der Waals surface area contributed by atoms with E-state index in [2.05, 4.69) is 20.5 Å². The molecule has 29 heavy (non-hydrogen) atoms. The zero-order valence-electron chi connectivity index (χ0n) is 16.2. The Morgan fingerprint density at radius 3 is 2.52 bits per heavy atom. The number of anilines is 1. The molecular weight excluding hydrogens is 376 g/mol. The maximum Gasteiger partial charge on any atom is 0.292 e. The summed E-state index contributed by atoms with van der Waals surface area (Å²) in [5.74, 6) is 0.979. The van der Waals surface area contributed by atoms with Gasteiger partial charge in [0.25, 0.3) is 11.6 Å². The highest BCUT2D eigenvalue weighted by molar-refractivity contribution is 5.91. The summed E-state index contributed by atoms with van der Waals surface area (Å²) in [4.78, 5) is 31.1. The van der Waals surface area contributed by atoms with Gasteiger partial charge in [0.05, 0.1) is 11.2 Å². The minimum Gasteiger partial charge on any atom is -0.459 e. The van der Waals surface area contributed by atoms with Gasteiger partial charge in [0.2, 0.25) is 0 Å². The molecule has 2 heterocycles. The topological polar surface area (TPSA) is 116 Å². The van der Waals surface area contributed by atoms with E-state index in [1.165, 1.54) is 12.3 Å².